The van der Waals surface area contributed by atoms with Crippen LogP contribution in [0.1, 0.15) is 24.3 Å². The molecule has 0 radical (unpaired) electrons. The molecule has 0 saturated carbocycles. The molecule has 1 aromatic carbocycles. The molecule has 18 heavy (non-hydrogen) atoms. The van der Waals surface area contributed by atoms with Gasteiger partial charge < -0.3 is 4.74 Å². The second kappa shape index (κ2) is 5.52. The highest BCUT2D eigenvalue weighted by atomic mass is 35.5. The van der Waals surface area contributed by atoms with Crippen molar-refractivity contribution in [1.82, 2.24) is 4.98 Å². The number of nitrogens with zero attached hydrogens (tertiary/aromatic N) is 2. The molecule has 1 aromatic heterocycles. The predicted octanol–water partition coefficient (Wildman–Crippen LogP) is 3.75. The molecule has 2 aromatic rings. The van der Waals surface area contributed by atoms with Gasteiger partial charge in [0.2, 0.25) is 5.88 Å². The van der Waals surface area contributed by atoms with E-state index < -0.39 is 0 Å². The quantitative estimate of drug-likeness (QED) is 0.842. The zero-order valence-electron chi connectivity index (χ0n) is 9.80. The number of aromatic nitrogens is 1. The van der Waals surface area contributed by atoms with Crippen LogP contribution < -0.4 is 4.74 Å². The van der Waals surface area contributed by atoms with Gasteiger partial charge in [-0.2, -0.15) is 5.26 Å². The van der Waals surface area contributed by atoms with Gasteiger partial charge in [-0.25, -0.2) is 4.98 Å². The van der Waals surface area contributed by atoms with E-state index in [1.165, 1.54) is 0 Å². The zero-order valence-corrected chi connectivity index (χ0v) is 10.6. The molecule has 1 atom stereocenters. The summed E-state index contributed by atoms with van der Waals surface area (Å²) in [5.41, 5.74) is 1.35. The Hall–Kier alpha value is -2.05. The maximum Gasteiger partial charge on any atom is 0.215 e. The van der Waals surface area contributed by atoms with E-state index in [-0.39, 0.29) is 6.10 Å². The third-order valence-electron chi connectivity index (χ3n) is 2.48. The summed E-state index contributed by atoms with van der Waals surface area (Å²) in [5, 5.41) is 9.45. The van der Waals surface area contributed by atoms with E-state index in [4.69, 9.17) is 21.6 Å². The zero-order chi connectivity index (χ0) is 13.0. The van der Waals surface area contributed by atoms with Crippen LogP contribution in [0.4, 0.5) is 0 Å². The van der Waals surface area contributed by atoms with Gasteiger partial charge in [0, 0.05) is 11.1 Å². The van der Waals surface area contributed by atoms with Crippen LogP contribution in [0.5, 0.6) is 5.88 Å². The van der Waals surface area contributed by atoms with E-state index in [1.807, 2.05) is 37.3 Å². The average Bonchev–Trinajstić information content (AvgIpc) is 2.39. The van der Waals surface area contributed by atoms with E-state index in [2.05, 4.69) is 4.98 Å². The van der Waals surface area contributed by atoms with Gasteiger partial charge in [0.15, 0.2) is 0 Å². The third kappa shape index (κ3) is 2.99. The third-order valence-corrected chi connectivity index (χ3v) is 2.73. The highest BCUT2D eigenvalue weighted by Gasteiger charge is 2.08. The molecule has 3 nitrogen and oxygen atoms in total. The summed E-state index contributed by atoms with van der Waals surface area (Å²) < 4.78 is 5.68. The second-order valence-electron chi connectivity index (χ2n) is 3.78. The fourth-order valence-corrected chi connectivity index (χ4v) is 1.65. The van der Waals surface area contributed by atoms with Crippen LogP contribution in [0, 0.1) is 11.3 Å². The summed E-state index contributed by atoms with van der Waals surface area (Å²) >= 11 is 5.83. The van der Waals surface area contributed by atoms with E-state index in [0.717, 1.165) is 5.56 Å². The second-order valence-corrected chi connectivity index (χ2v) is 4.22. The molecule has 1 heterocycles. The largest absolute Gasteiger partial charge is 0.470 e. The van der Waals surface area contributed by atoms with Crippen LogP contribution in [0.25, 0.3) is 0 Å². The predicted molar refractivity (Wildman–Crippen MR) is 69.4 cm³/mol. The van der Waals surface area contributed by atoms with Gasteiger partial charge in [-0.1, -0.05) is 29.8 Å². The molecule has 0 amide bonds. The van der Waals surface area contributed by atoms with Crippen LogP contribution >= 0.6 is 11.6 Å². The number of rotatable bonds is 3. The van der Waals surface area contributed by atoms with E-state index in [9.17, 15) is 0 Å². The Morgan fingerprint density at radius 2 is 1.94 bits per heavy atom. The molecule has 4 heteroatoms. The lowest BCUT2D eigenvalue weighted by molar-refractivity contribution is 0.217. The van der Waals surface area contributed by atoms with Crippen LogP contribution in [0.3, 0.4) is 0 Å². The number of ether oxygens (including phenoxy) is 1. The molecule has 2 rings (SSSR count). The van der Waals surface area contributed by atoms with Crippen molar-refractivity contribution < 1.29 is 4.74 Å². The van der Waals surface area contributed by atoms with Crippen molar-refractivity contribution in [3.8, 4) is 11.9 Å². The van der Waals surface area contributed by atoms with E-state index >= 15 is 0 Å². The first-order valence-corrected chi connectivity index (χ1v) is 5.86. The van der Waals surface area contributed by atoms with Crippen molar-refractivity contribution in [2.24, 2.45) is 0 Å². The lowest BCUT2D eigenvalue weighted by Gasteiger charge is -2.14. The maximum absolute atomic E-state index is 8.76. The summed E-state index contributed by atoms with van der Waals surface area (Å²) in [7, 11) is 0. The van der Waals surface area contributed by atoms with Crippen LogP contribution in [0.2, 0.25) is 5.02 Å². The standard InChI is InChI=1S/C14H11ClN2O/c1-10(11-5-7-12(15)8-6-11)18-14-4-2-3-13(9-16)17-14/h2-8,10H,1H3. The molecular weight excluding hydrogens is 248 g/mol. The van der Waals surface area contributed by atoms with Gasteiger partial charge in [0.05, 0.1) is 0 Å². The molecule has 0 saturated heterocycles. The summed E-state index contributed by atoms with van der Waals surface area (Å²) in [6.07, 6.45) is -0.149. The fourth-order valence-electron chi connectivity index (χ4n) is 1.53. The molecule has 0 fully saturated rings. The van der Waals surface area contributed by atoms with Crippen LogP contribution in [-0.4, -0.2) is 4.98 Å². The van der Waals surface area contributed by atoms with Crippen LogP contribution in [0.15, 0.2) is 42.5 Å². The van der Waals surface area contributed by atoms with Gasteiger partial charge in [0.25, 0.3) is 0 Å². The van der Waals surface area contributed by atoms with Crippen molar-refractivity contribution in [2.45, 2.75) is 13.0 Å². The van der Waals surface area contributed by atoms with Crippen molar-refractivity contribution >= 4 is 11.6 Å². The van der Waals surface area contributed by atoms with Gasteiger partial charge in [-0.05, 0) is 30.7 Å². The SMILES string of the molecule is CC(Oc1cccc(C#N)n1)c1ccc(Cl)cc1. The molecule has 0 bridgehead atoms. The van der Waals surface area contributed by atoms with E-state index in [1.54, 1.807) is 18.2 Å². The Bertz CT molecular complexity index is 575. The Morgan fingerprint density at radius 3 is 2.61 bits per heavy atom. The van der Waals surface area contributed by atoms with Gasteiger partial charge in [-0.3, -0.25) is 0 Å². The minimum absolute atomic E-state index is 0.149. The van der Waals surface area contributed by atoms with Crippen molar-refractivity contribution in [3.05, 3.63) is 58.7 Å². The number of hydrogen-bond acceptors (Lipinski definition) is 3. The first-order valence-electron chi connectivity index (χ1n) is 5.48. The summed E-state index contributed by atoms with van der Waals surface area (Å²) in [6, 6.07) is 14.5. The molecule has 0 aliphatic heterocycles. The van der Waals surface area contributed by atoms with Gasteiger partial charge in [0.1, 0.15) is 17.9 Å². The number of benzene rings is 1. The smallest absolute Gasteiger partial charge is 0.215 e. The lowest BCUT2D eigenvalue weighted by Crippen LogP contribution is -2.04. The lowest BCUT2D eigenvalue weighted by atomic mass is 10.1. The molecule has 90 valence electrons. The normalized spacial score (nSPS) is 11.6. The number of pyridine rings is 1. The van der Waals surface area contributed by atoms with Crippen molar-refractivity contribution in [1.29, 1.82) is 5.26 Å². The number of nitriles is 1. The first kappa shape index (κ1) is 12.4. The van der Waals surface area contributed by atoms with Crippen molar-refractivity contribution in [2.75, 3.05) is 0 Å². The number of halogens is 1. The summed E-state index contributed by atoms with van der Waals surface area (Å²) in [6.45, 7) is 1.92. The first-order chi connectivity index (χ1) is 8.69. The van der Waals surface area contributed by atoms with Gasteiger partial charge in [-0.15, -0.1) is 0 Å². The highest BCUT2D eigenvalue weighted by molar-refractivity contribution is 6.30. The Morgan fingerprint density at radius 1 is 1.22 bits per heavy atom. The molecule has 0 spiro atoms. The number of hydrogen-bond donors (Lipinski definition) is 0. The highest BCUT2D eigenvalue weighted by Crippen LogP contribution is 2.21. The fraction of sp³-hybridized carbons (Fsp3) is 0.143. The monoisotopic (exact) mass is 258 g/mol. The van der Waals surface area contributed by atoms with E-state index in [0.29, 0.717) is 16.6 Å². The molecular formula is C14H11ClN2O. The topological polar surface area (TPSA) is 45.9 Å². The minimum Gasteiger partial charge on any atom is -0.470 e. The average molecular weight is 259 g/mol. The maximum atomic E-state index is 8.76. The Kier molecular flexibility index (Phi) is 3.81. The molecule has 1 unspecified atom stereocenters. The van der Waals surface area contributed by atoms with Crippen LogP contribution in [-0.2, 0) is 0 Å². The molecule has 0 aliphatic rings. The Balaban J connectivity index is 2.13. The Labute approximate surface area is 111 Å². The molecule has 0 N–H and O–H groups in total. The van der Waals surface area contributed by atoms with Gasteiger partial charge >= 0.3 is 0 Å². The van der Waals surface area contributed by atoms with Crippen molar-refractivity contribution in [3.63, 3.8) is 0 Å². The molecule has 0 aliphatic carbocycles. The summed E-state index contributed by atoms with van der Waals surface area (Å²) in [5.74, 6) is 0.441. The summed E-state index contributed by atoms with van der Waals surface area (Å²) in [4.78, 5) is 4.06. The minimum atomic E-state index is -0.149.